The maximum absolute atomic E-state index is 12.1. The summed E-state index contributed by atoms with van der Waals surface area (Å²) in [5.74, 6) is -0.477. The number of amides is 1. The number of nitrogens with one attached hydrogen (secondary N) is 1. The third-order valence-corrected chi connectivity index (χ3v) is 3.79. The number of halogens is 1. The Morgan fingerprint density at radius 1 is 1.30 bits per heavy atom. The maximum Gasteiger partial charge on any atom is 0.338 e. The second-order valence-corrected chi connectivity index (χ2v) is 7.32. The van der Waals surface area contributed by atoms with Gasteiger partial charge in [0.2, 0.25) is 5.91 Å². The second kappa shape index (κ2) is 4.58. The Balaban J connectivity index is 2.43. The molecule has 1 aromatic carbocycles. The van der Waals surface area contributed by atoms with Crippen LogP contribution in [-0.2, 0) is 14.9 Å². The molecule has 1 amide bonds. The quantitative estimate of drug-likeness (QED) is 0.794. The molecule has 108 valence electrons. The lowest BCUT2D eigenvalue weighted by molar-refractivity contribution is -0.119. The third kappa shape index (κ3) is 2.59. The molecule has 0 spiro atoms. The summed E-state index contributed by atoms with van der Waals surface area (Å²) in [6, 6.07) is 3.37. The van der Waals surface area contributed by atoms with Crippen molar-refractivity contribution < 1.29 is 14.3 Å². The van der Waals surface area contributed by atoms with Gasteiger partial charge in [0.25, 0.3) is 0 Å². The standard InChI is InChI=1S/C15H18BrNO3/c1-14(2,3)20-12(18)8-6-9(16)11-10(7-8)17-13(19)15(11,4)5/h6-7H,1-5H3,(H,17,19). The van der Waals surface area contributed by atoms with Gasteiger partial charge < -0.3 is 10.1 Å². The molecule has 0 bridgehead atoms. The van der Waals surface area contributed by atoms with E-state index in [2.05, 4.69) is 21.2 Å². The number of carbonyl (C=O) groups is 2. The number of fused-ring (bicyclic) bond motifs is 1. The van der Waals surface area contributed by atoms with Gasteiger partial charge in [-0.1, -0.05) is 15.9 Å². The molecule has 0 saturated heterocycles. The molecule has 20 heavy (non-hydrogen) atoms. The molecule has 5 heteroatoms. The first kappa shape index (κ1) is 15.0. The van der Waals surface area contributed by atoms with Crippen LogP contribution in [0.15, 0.2) is 16.6 Å². The maximum atomic E-state index is 12.1. The zero-order chi connectivity index (χ0) is 15.3. The number of esters is 1. The number of hydrogen-bond donors (Lipinski definition) is 1. The minimum Gasteiger partial charge on any atom is -0.456 e. The lowest BCUT2D eigenvalue weighted by Crippen LogP contribution is -2.27. The van der Waals surface area contributed by atoms with Crippen LogP contribution in [0.25, 0.3) is 0 Å². The fourth-order valence-electron chi connectivity index (χ4n) is 2.19. The highest BCUT2D eigenvalue weighted by molar-refractivity contribution is 9.10. The summed E-state index contributed by atoms with van der Waals surface area (Å²) in [7, 11) is 0. The Hall–Kier alpha value is -1.36. The molecule has 0 aromatic heterocycles. The van der Waals surface area contributed by atoms with Crippen molar-refractivity contribution >= 4 is 33.5 Å². The molecule has 1 N–H and O–H groups in total. The number of hydrogen-bond acceptors (Lipinski definition) is 3. The Bertz CT molecular complexity index is 600. The van der Waals surface area contributed by atoms with Crippen molar-refractivity contribution in [3.63, 3.8) is 0 Å². The Morgan fingerprint density at radius 2 is 1.90 bits per heavy atom. The van der Waals surface area contributed by atoms with E-state index in [-0.39, 0.29) is 5.91 Å². The fraction of sp³-hybridized carbons (Fsp3) is 0.467. The van der Waals surface area contributed by atoms with Crippen LogP contribution in [0.1, 0.15) is 50.5 Å². The van der Waals surface area contributed by atoms with Crippen molar-refractivity contribution in [2.45, 2.75) is 45.6 Å². The van der Waals surface area contributed by atoms with E-state index in [1.165, 1.54) is 0 Å². The van der Waals surface area contributed by atoms with Gasteiger partial charge in [-0.25, -0.2) is 4.79 Å². The van der Waals surface area contributed by atoms with Crippen LogP contribution in [0.2, 0.25) is 0 Å². The van der Waals surface area contributed by atoms with Gasteiger partial charge in [0.05, 0.1) is 11.0 Å². The average molecular weight is 340 g/mol. The minimum atomic E-state index is -0.610. The van der Waals surface area contributed by atoms with Crippen molar-refractivity contribution in [3.8, 4) is 0 Å². The van der Waals surface area contributed by atoms with Crippen LogP contribution < -0.4 is 5.32 Å². The summed E-state index contributed by atoms with van der Waals surface area (Å²) >= 11 is 3.45. The average Bonchev–Trinajstić information content (AvgIpc) is 2.47. The molecule has 0 aliphatic carbocycles. The monoisotopic (exact) mass is 339 g/mol. The van der Waals surface area contributed by atoms with Gasteiger partial charge >= 0.3 is 5.97 Å². The predicted molar refractivity (Wildman–Crippen MR) is 81.0 cm³/mol. The normalized spacial score (nSPS) is 16.6. The highest BCUT2D eigenvalue weighted by Crippen LogP contribution is 2.42. The largest absolute Gasteiger partial charge is 0.456 e. The molecule has 0 fully saturated rings. The summed E-state index contributed by atoms with van der Waals surface area (Å²) in [5.41, 5.74) is 0.791. The van der Waals surface area contributed by atoms with Gasteiger partial charge in [-0.15, -0.1) is 0 Å². The second-order valence-electron chi connectivity index (χ2n) is 6.46. The zero-order valence-electron chi connectivity index (χ0n) is 12.3. The molecule has 0 radical (unpaired) electrons. The zero-order valence-corrected chi connectivity index (χ0v) is 13.8. The SMILES string of the molecule is CC(C)(C)OC(=O)c1cc(Br)c2c(c1)NC(=O)C2(C)C. The third-order valence-electron chi connectivity index (χ3n) is 3.17. The molecule has 1 heterocycles. The summed E-state index contributed by atoms with van der Waals surface area (Å²) in [4.78, 5) is 24.1. The van der Waals surface area contributed by atoms with Crippen LogP contribution in [-0.4, -0.2) is 17.5 Å². The van der Waals surface area contributed by atoms with Crippen molar-refractivity contribution in [1.29, 1.82) is 0 Å². The lowest BCUT2D eigenvalue weighted by Gasteiger charge is -2.20. The molecule has 0 atom stereocenters. The van der Waals surface area contributed by atoms with Gasteiger partial charge in [0.1, 0.15) is 5.60 Å². The molecule has 4 nitrogen and oxygen atoms in total. The number of carbonyl (C=O) groups excluding carboxylic acids is 2. The molecule has 0 saturated carbocycles. The molecule has 0 unspecified atom stereocenters. The number of benzene rings is 1. The highest BCUT2D eigenvalue weighted by atomic mass is 79.9. The van der Waals surface area contributed by atoms with Gasteiger partial charge in [-0.2, -0.15) is 0 Å². The van der Waals surface area contributed by atoms with E-state index in [0.29, 0.717) is 11.3 Å². The summed E-state index contributed by atoms with van der Waals surface area (Å²) < 4.78 is 6.08. The Kier molecular flexibility index (Phi) is 3.45. The summed E-state index contributed by atoms with van der Waals surface area (Å²) in [5, 5.41) is 2.81. The fourth-order valence-corrected chi connectivity index (χ4v) is 3.14. The van der Waals surface area contributed by atoms with Crippen LogP contribution in [0.5, 0.6) is 0 Å². The first-order valence-electron chi connectivity index (χ1n) is 6.41. The molecular weight excluding hydrogens is 322 g/mol. The van der Waals surface area contributed by atoms with Crippen LogP contribution in [0.3, 0.4) is 0 Å². The van der Waals surface area contributed by atoms with E-state index in [1.807, 2.05) is 34.6 Å². The van der Waals surface area contributed by atoms with Gasteiger partial charge in [-0.3, -0.25) is 4.79 Å². The minimum absolute atomic E-state index is 0.0745. The van der Waals surface area contributed by atoms with Gasteiger partial charge in [-0.05, 0) is 46.8 Å². The van der Waals surface area contributed by atoms with Crippen molar-refractivity contribution in [2.75, 3.05) is 5.32 Å². The molecule has 1 aliphatic rings. The van der Waals surface area contributed by atoms with E-state index >= 15 is 0 Å². The molecule has 1 aromatic rings. The Morgan fingerprint density at radius 3 is 2.45 bits per heavy atom. The summed E-state index contributed by atoms with van der Waals surface area (Å²) in [6.07, 6.45) is 0. The van der Waals surface area contributed by atoms with Crippen LogP contribution in [0.4, 0.5) is 5.69 Å². The first-order valence-corrected chi connectivity index (χ1v) is 7.20. The van der Waals surface area contributed by atoms with E-state index in [9.17, 15) is 9.59 Å². The lowest BCUT2D eigenvalue weighted by atomic mass is 9.86. The molecule has 1 aliphatic heterocycles. The van der Waals surface area contributed by atoms with E-state index in [1.54, 1.807) is 12.1 Å². The smallest absolute Gasteiger partial charge is 0.338 e. The Labute approximate surface area is 127 Å². The van der Waals surface area contributed by atoms with Gasteiger partial charge in [0, 0.05) is 15.7 Å². The van der Waals surface area contributed by atoms with E-state index in [4.69, 9.17) is 4.74 Å². The predicted octanol–water partition coefficient (Wildman–Crippen LogP) is 3.63. The topological polar surface area (TPSA) is 55.4 Å². The van der Waals surface area contributed by atoms with Crippen molar-refractivity contribution in [1.82, 2.24) is 0 Å². The van der Waals surface area contributed by atoms with E-state index < -0.39 is 17.0 Å². The number of ether oxygens (including phenoxy) is 1. The van der Waals surface area contributed by atoms with E-state index in [0.717, 1.165) is 10.0 Å². The molecule has 2 rings (SSSR count). The number of rotatable bonds is 1. The van der Waals surface area contributed by atoms with Crippen LogP contribution >= 0.6 is 15.9 Å². The van der Waals surface area contributed by atoms with Gasteiger partial charge in [0.15, 0.2) is 0 Å². The van der Waals surface area contributed by atoms with Crippen LogP contribution in [0, 0.1) is 0 Å². The summed E-state index contributed by atoms with van der Waals surface area (Å²) in [6.45, 7) is 9.16. The highest BCUT2D eigenvalue weighted by Gasteiger charge is 2.40. The number of anilines is 1. The molecular formula is C15H18BrNO3. The van der Waals surface area contributed by atoms with Crippen molar-refractivity contribution in [2.24, 2.45) is 0 Å². The van der Waals surface area contributed by atoms with Crippen molar-refractivity contribution in [3.05, 3.63) is 27.7 Å². The first-order chi connectivity index (χ1) is 9.02.